The Morgan fingerprint density at radius 2 is 2.40 bits per heavy atom. The molecule has 1 aliphatic carbocycles. The number of hydrogen-bond donors (Lipinski definition) is 0. The molecule has 15 heavy (non-hydrogen) atoms. The minimum atomic E-state index is 0.472. The molecule has 1 aromatic heterocycles. The molecule has 0 atom stereocenters. The highest BCUT2D eigenvalue weighted by Gasteiger charge is 2.17. The fourth-order valence-electron chi connectivity index (χ4n) is 1.69. The van der Waals surface area contributed by atoms with Crippen LogP contribution in [0.4, 0.5) is 0 Å². The zero-order valence-corrected chi connectivity index (χ0v) is 8.65. The van der Waals surface area contributed by atoms with Crippen molar-refractivity contribution in [2.75, 3.05) is 6.61 Å². The van der Waals surface area contributed by atoms with E-state index in [1.807, 2.05) is 0 Å². The van der Waals surface area contributed by atoms with Gasteiger partial charge in [-0.15, -0.1) is 0 Å². The van der Waals surface area contributed by atoms with Gasteiger partial charge in [-0.2, -0.15) is 5.26 Å². The average Bonchev–Trinajstić information content (AvgIpc) is 2.22. The lowest BCUT2D eigenvalue weighted by Crippen LogP contribution is -2.14. The summed E-state index contributed by atoms with van der Waals surface area (Å²) in [4.78, 5) is 4.05. The van der Waals surface area contributed by atoms with E-state index < -0.39 is 0 Å². The molecule has 3 nitrogen and oxygen atoms in total. The van der Waals surface area contributed by atoms with Crippen molar-refractivity contribution in [3.05, 3.63) is 23.9 Å². The lowest BCUT2D eigenvalue weighted by Gasteiger charge is -2.24. The van der Waals surface area contributed by atoms with Crippen LogP contribution in [-0.4, -0.2) is 11.6 Å². The van der Waals surface area contributed by atoms with E-state index in [1.165, 1.54) is 19.3 Å². The summed E-state index contributed by atoms with van der Waals surface area (Å²) in [5.74, 6) is 1.30. The predicted octanol–water partition coefficient (Wildman–Crippen LogP) is 2.52. The van der Waals surface area contributed by atoms with Crippen LogP contribution in [0.1, 0.15) is 31.2 Å². The quantitative estimate of drug-likeness (QED) is 0.753. The SMILES string of the molecule is N#Cc1cccnc1OCCC1CCC1. The molecule has 0 aromatic carbocycles. The zero-order chi connectivity index (χ0) is 10.5. The molecule has 0 N–H and O–H groups in total. The molecule has 1 aliphatic rings. The second-order valence-corrected chi connectivity index (χ2v) is 3.90. The molecule has 0 saturated heterocycles. The molecule has 2 rings (SSSR count). The van der Waals surface area contributed by atoms with Crippen LogP contribution in [0.25, 0.3) is 0 Å². The molecule has 1 saturated carbocycles. The molecule has 1 fully saturated rings. The Morgan fingerprint density at radius 3 is 3.07 bits per heavy atom. The largest absolute Gasteiger partial charge is 0.477 e. The van der Waals surface area contributed by atoms with Crippen molar-refractivity contribution in [1.82, 2.24) is 4.98 Å². The van der Waals surface area contributed by atoms with Gasteiger partial charge in [0.05, 0.1) is 6.61 Å². The van der Waals surface area contributed by atoms with Gasteiger partial charge in [-0.25, -0.2) is 4.98 Å². The number of hydrogen-bond acceptors (Lipinski definition) is 3. The molecular weight excluding hydrogens is 188 g/mol. The first-order valence-corrected chi connectivity index (χ1v) is 5.38. The molecule has 0 aliphatic heterocycles. The van der Waals surface area contributed by atoms with Crippen molar-refractivity contribution in [3.63, 3.8) is 0 Å². The molecular formula is C12H14N2O. The standard InChI is InChI=1S/C12H14N2O/c13-9-11-5-2-7-14-12(11)15-8-6-10-3-1-4-10/h2,5,7,10H,1,3-4,6,8H2. The van der Waals surface area contributed by atoms with Gasteiger partial charge in [0, 0.05) is 6.20 Å². The van der Waals surface area contributed by atoms with E-state index in [-0.39, 0.29) is 0 Å². The number of nitrogens with zero attached hydrogens (tertiary/aromatic N) is 2. The Bertz CT molecular complexity index is 366. The van der Waals surface area contributed by atoms with Crippen LogP contribution in [0.15, 0.2) is 18.3 Å². The third-order valence-electron chi connectivity index (χ3n) is 2.88. The third-order valence-corrected chi connectivity index (χ3v) is 2.88. The summed E-state index contributed by atoms with van der Waals surface area (Å²) in [6, 6.07) is 5.55. The van der Waals surface area contributed by atoms with Crippen molar-refractivity contribution in [1.29, 1.82) is 5.26 Å². The lowest BCUT2D eigenvalue weighted by atomic mass is 9.83. The molecule has 1 heterocycles. The summed E-state index contributed by atoms with van der Waals surface area (Å²) in [5, 5.41) is 8.81. The highest BCUT2D eigenvalue weighted by Crippen LogP contribution is 2.29. The summed E-state index contributed by atoms with van der Waals surface area (Å²) in [6.45, 7) is 0.677. The smallest absolute Gasteiger partial charge is 0.231 e. The van der Waals surface area contributed by atoms with Gasteiger partial charge in [0.15, 0.2) is 0 Å². The Hall–Kier alpha value is -1.56. The fraction of sp³-hybridized carbons (Fsp3) is 0.500. The number of aromatic nitrogens is 1. The van der Waals surface area contributed by atoms with Gasteiger partial charge in [-0.1, -0.05) is 19.3 Å². The Balaban J connectivity index is 1.84. The Morgan fingerprint density at radius 1 is 1.53 bits per heavy atom. The highest BCUT2D eigenvalue weighted by molar-refractivity contribution is 5.36. The van der Waals surface area contributed by atoms with Gasteiger partial charge in [-0.05, 0) is 24.5 Å². The van der Waals surface area contributed by atoms with E-state index in [0.29, 0.717) is 18.1 Å². The normalized spacial score (nSPS) is 15.4. The summed E-state index contributed by atoms with van der Waals surface area (Å²) in [5.41, 5.74) is 0.520. The monoisotopic (exact) mass is 202 g/mol. The van der Waals surface area contributed by atoms with Gasteiger partial charge in [0.25, 0.3) is 0 Å². The fourth-order valence-corrected chi connectivity index (χ4v) is 1.69. The van der Waals surface area contributed by atoms with Gasteiger partial charge in [-0.3, -0.25) is 0 Å². The van der Waals surface area contributed by atoms with E-state index in [0.717, 1.165) is 12.3 Å². The first kappa shape index (κ1) is 9.97. The van der Waals surface area contributed by atoms with E-state index in [4.69, 9.17) is 10.00 Å². The summed E-state index contributed by atoms with van der Waals surface area (Å²) in [7, 11) is 0. The molecule has 78 valence electrons. The Kier molecular flexibility index (Phi) is 3.18. The van der Waals surface area contributed by atoms with Crippen LogP contribution in [0.5, 0.6) is 5.88 Å². The second-order valence-electron chi connectivity index (χ2n) is 3.90. The summed E-state index contributed by atoms with van der Waals surface area (Å²) in [6.07, 6.45) is 6.76. The molecule has 0 radical (unpaired) electrons. The molecule has 0 bridgehead atoms. The number of pyridine rings is 1. The molecule has 0 unspecified atom stereocenters. The van der Waals surface area contributed by atoms with Crippen LogP contribution in [0.2, 0.25) is 0 Å². The maximum atomic E-state index is 8.81. The van der Waals surface area contributed by atoms with Crippen molar-refractivity contribution in [2.45, 2.75) is 25.7 Å². The Labute approximate surface area is 89.7 Å². The maximum absolute atomic E-state index is 8.81. The lowest BCUT2D eigenvalue weighted by molar-refractivity contribution is 0.217. The van der Waals surface area contributed by atoms with Gasteiger partial charge < -0.3 is 4.74 Å². The molecule has 3 heteroatoms. The second kappa shape index (κ2) is 4.79. The van der Waals surface area contributed by atoms with Crippen LogP contribution in [0.3, 0.4) is 0 Å². The van der Waals surface area contributed by atoms with Crippen LogP contribution < -0.4 is 4.74 Å². The minimum Gasteiger partial charge on any atom is -0.477 e. The first-order chi connectivity index (χ1) is 7.40. The maximum Gasteiger partial charge on any atom is 0.231 e. The predicted molar refractivity (Wildman–Crippen MR) is 56.4 cm³/mol. The highest BCUT2D eigenvalue weighted by atomic mass is 16.5. The van der Waals surface area contributed by atoms with Gasteiger partial charge in [0.2, 0.25) is 5.88 Å². The van der Waals surface area contributed by atoms with E-state index >= 15 is 0 Å². The van der Waals surface area contributed by atoms with E-state index in [9.17, 15) is 0 Å². The average molecular weight is 202 g/mol. The van der Waals surface area contributed by atoms with Crippen molar-refractivity contribution >= 4 is 0 Å². The summed E-state index contributed by atoms with van der Waals surface area (Å²) >= 11 is 0. The van der Waals surface area contributed by atoms with E-state index in [2.05, 4.69) is 11.1 Å². The topological polar surface area (TPSA) is 45.9 Å². The molecule has 1 aromatic rings. The zero-order valence-electron chi connectivity index (χ0n) is 8.65. The van der Waals surface area contributed by atoms with Crippen molar-refractivity contribution in [3.8, 4) is 11.9 Å². The van der Waals surface area contributed by atoms with Crippen LogP contribution >= 0.6 is 0 Å². The summed E-state index contributed by atoms with van der Waals surface area (Å²) < 4.78 is 5.50. The van der Waals surface area contributed by atoms with Crippen LogP contribution in [-0.2, 0) is 0 Å². The number of ether oxygens (including phenoxy) is 1. The van der Waals surface area contributed by atoms with Gasteiger partial charge >= 0.3 is 0 Å². The molecule has 0 amide bonds. The van der Waals surface area contributed by atoms with E-state index in [1.54, 1.807) is 18.3 Å². The number of nitriles is 1. The first-order valence-electron chi connectivity index (χ1n) is 5.38. The van der Waals surface area contributed by atoms with Crippen LogP contribution in [0, 0.1) is 17.2 Å². The van der Waals surface area contributed by atoms with Crippen molar-refractivity contribution in [2.24, 2.45) is 5.92 Å². The number of rotatable bonds is 4. The molecule has 0 spiro atoms. The minimum absolute atomic E-state index is 0.472. The van der Waals surface area contributed by atoms with Crippen molar-refractivity contribution < 1.29 is 4.74 Å². The van der Waals surface area contributed by atoms with Gasteiger partial charge in [0.1, 0.15) is 11.6 Å². The third kappa shape index (κ3) is 2.47.